The van der Waals surface area contributed by atoms with Gasteiger partial charge in [-0.05, 0) is 24.3 Å². The maximum atomic E-state index is 12.0. The molecular formula is C13H7ClN4O3. The molecule has 0 saturated carbocycles. The van der Waals surface area contributed by atoms with Crippen molar-refractivity contribution >= 4 is 29.0 Å². The summed E-state index contributed by atoms with van der Waals surface area (Å²) in [5, 5.41) is 22.0. The number of halogens is 1. The largest absolute Gasteiger partial charge is 0.311 e. The summed E-state index contributed by atoms with van der Waals surface area (Å²) >= 11 is 5.67. The molecule has 7 nitrogen and oxygen atoms in total. The first kappa shape index (κ1) is 14.4. The molecule has 0 fully saturated rings. The van der Waals surface area contributed by atoms with Gasteiger partial charge in [0.15, 0.2) is 0 Å². The predicted octanol–water partition coefficient (Wildman–Crippen LogP) is 2.77. The number of benzene rings is 1. The standard InChI is InChI=1S/C13H7ClN4O3/c14-11-5-4-10(18(20)21)12(16-11)17-13(19)9-3-1-2-8(6-9)7-15/h1-6H,(H,16,17,19). The van der Waals surface area contributed by atoms with Gasteiger partial charge in [0.05, 0.1) is 16.6 Å². The number of aromatic nitrogens is 1. The highest BCUT2D eigenvalue weighted by Crippen LogP contribution is 2.24. The van der Waals surface area contributed by atoms with Gasteiger partial charge in [0, 0.05) is 11.6 Å². The van der Waals surface area contributed by atoms with Gasteiger partial charge in [-0.2, -0.15) is 5.26 Å². The number of pyridine rings is 1. The molecular weight excluding hydrogens is 296 g/mol. The van der Waals surface area contributed by atoms with Gasteiger partial charge in [0.1, 0.15) is 5.15 Å². The molecule has 2 aromatic rings. The molecule has 104 valence electrons. The van der Waals surface area contributed by atoms with Crippen molar-refractivity contribution in [3.63, 3.8) is 0 Å². The van der Waals surface area contributed by atoms with Crippen molar-refractivity contribution in [2.45, 2.75) is 0 Å². The van der Waals surface area contributed by atoms with Crippen LogP contribution in [0, 0.1) is 21.4 Å². The van der Waals surface area contributed by atoms with Crippen molar-refractivity contribution in [3.8, 4) is 6.07 Å². The summed E-state index contributed by atoms with van der Waals surface area (Å²) in [6, 6.07) is 10.2. The van der Waals surface area contributed by atoms with E-state index in [2.05, 4.69) is 10.3 Å². The number of carbonyl (C=O) groups excluding carboxylic acids is 1. The summed E-state index contributed by atoms with van der Waals surface area (Å²) < 4.78 is 0. The van der Waals surface area contributed by atoms with Crippen LogP contribution in [0.5, 0.6) is 0 Å². The number of carbonyl (C=O) groups is 1. The van der Waals surface area contributed by atoms with Gasteiger partial charge < -0.3 is 5.32 Å². The summed E-state index contributed by atoms with van der Waals surface area (Å²) in [5.74, 6) is -0.871. The van der Waals surface area contributed by atoms with Crippen LogP contribution < -0.4 is 5.32 Å². The molecule has 0 aliphatic heterocycles. The lowest BCUT2D eigenvalue weighted by Crippen LogP contribution is -2.14. The molecule has 21 heavy (non-hydrogen) atoms. The Bertz CT molecular complexity index is 770. The molecule has 8 heteroatoms. The number of anilines is 1. The fourth-order valence-corrected chi connectivity index (χ4v) is 1.72. The molecule has 1 heterocycles. The number of nitriles is 1. The Morgan fingerprint density at radius 3 is 2.81 bits per heavy atom. The molecule has 0 aliphatic carbocycles. The number of rotatable bonds is 3. The predicted molar refractivity (Wildman–Crippen MR) is 75.0 cm³/mol. The van der Waals surface area contributed by atoms with E-state index in [1.165, 1.54) is 30.3 Å². The average molecular weight is 303 g/mol. The molecule has 0 atom stereocenters. The van der Waals surface area contributed by atoms with Gasteiger partial charge in [0.25, 0.3) is 5.91 Å². The molecule has 0 saturated heterocycles. The van der Waals surface area contributed by atoms with Crippen molar-refractivity contribution in [1.82, 2.24) is 4.98 Å². The Kier molecular flexibility index (Phi) is 4.11. The minimum Gasteiger partial charge on any atom is -0.301 e. The molecule has 0 bridgehead atoms. The summed E-state index contributed by atoms with van der Waals surface area (Å²) in [6.45, 7) is 0. The Labute approximate surface area is 123 Å². The Morgan fingerprint density at radius 2 is 2.14 bits per heavy atom. The topological polar surface area (TPSA) is 109 Å². The highest BCUT2D eigenvalue weighted by Gasteiger charge is 2.18. The molecule has 0 unspecified atom stereocenters. The quantitative estimate of drug-likeness (QED) is 0.532. The van der Waals surface area contributed by atoms with Crippen molar-refractivity contribution < 1.29 is 9.72 Å². The minimum atomic E-state index is -0.676. The highest BCUT2D eigenvalue weighted by atomic mass is 35.5. The maximum absolute atomic E-state index is 12.0. The van der Waals surface area contributed by atoms with Crippen LogP contribution in [-0.2, 0) is 0 Å². The highest BCUT2D eigenvalue weighted by molar-refractivity contribution is 6.29. The van der Waals surface area contributed by atoms with E-state index in [0.717, 1.165) is 6.07 Å². The molecule has 0 radical (unpaired) electrons. The van der Waals surface area contributed by atoms with Crippen molar-refractivity contribution in [3.05, 3.63) is 62.8 Å². The second-order valence-corrected chi connectivity index (χ2v) is 4.29. The fourth-order valence-electron chi connectivity index (χ4n) is 1.58. The van der Waals surface area contributed by atoms with E-state index in [0.29, 0.717) is 5.56 Å². The van der Waals surface area contributed by atoms with Crippen LogP contribution in [0.4, 0.5) is 11.5 Å². The lowest BCUT2D eigenvalue weighted by Gasteiger charge is -2.05. The van der Waals surface area contributed by atoms with Gasteiger partial charge in [-0.15, -0.1) is 0 Å². The lowest BCUT2D eigenvalue weighted by molar-refractivity contribution is -0.384. The number of hydrogen-bond acceptors (Lipinski definition) is 5. The van der Waals surface area contributed by atoms with Gasteiger partial charge in [-0.25, -0.2) is 4.98 Å². The van der Waals surface area contributed by atoms with Crippen LogP contribution in [0.1, 0.15) is 15.9 Å². The van der Waals surface area contributed by atoms with Crippen LogP contribution in [0.15, 0.2) is 36.4 Å². The van der Waals surface area contributed by atoms with E-state index in [9.17, 15) is 14.9 Å². The van der Waals surface area contributed by atoms with E-state index in [1.54, 1.807) is 0 Å². The van der Waals surface area contributed by atoms with Crippen LogP contribution in [0.25, 0.3) is 0 Å². The Morgan fingerprint density at radius 1 is 1.38 bits per heavy atom. The molecule has 1 N–H and O–H groups in total. The summed E-state index contributed by atoms with van der Waals surface area (Å²) in [7, 11) is 0. The Hall–Kier alpha value is -2.98. The minimum absolute atomic E-state index is 0.0154. The third kappa shape index (κ3) is 3.32. The first-order valence-electron chi connectivity index (χ1n) is 5.63. The number of nitro groups is 1. The molecule has 0 aliphatic rings. The van der Waals surface area contributed by atoms with Crippen LogP contribution >= 0.6 is 11.6 Å². The first-order valence-corrected chi connectivity index (χ1v) is 6.01. The van der Waals surface area contributed by atoms with E-state index in [4.69, 9.17) is 16.9 Å². The van der Waals surface area contributed by atoms with Gasteiger partial charge >= 0.3 is 5.69 Å². The van der Waals surface area contributed by atoms with Crippen molar-refractivity contribution in [2.24, 2.45) is 0 Å². The Balaban J connectivity index is 2.33. The number of amides is 1. The number of nitrogens with one attached hydrogen (secondary N) is 1. The van der Waals surface area contributed by atoms with Gasteiger partial charge in [0.2, 0.25) is 5.82 Å². The second kappa shape index (κ2) is 5.98. The lowest BCUT2D eigenvalue weighted by atomic mass is 10.1. The molecule has 0 spiro atoms. The number of hydrogen-bond donors (Lipinski definition) is 1. The van der Waals surface area contributed by atoms with Crippen LogP contribution in [-0.4, -0.2) is 15.8 Å². The average Bonchev–Trinajstić information content (AvgIpc) is 2.47. The maximum Gasteiger partial charge on any atom is 0.311 e. The first-order chi connectivity index (χ1) is 10.0. The SMILES string of the molecule is N#Cc1cccc(C(=O)Nc2nc(Cl)ccc2[N+](=O)[O-])c1. The van der Waals surface area contributed by atoms with E-state index < -0.39 is 10.8 Å². The molecule has 2 rings (SSSR count). The zero-order valence-electron chi connectivity index (χ0n) is 10.4. The van der Waals surface area contributed by atoms with E-state index in [-0.39, 0.29) is 22.2 Å². The second-order valence-electron chi connectivity index (χ2n) is 3.91. The van der Waals surface area contributed by atoms with Crippen molar-refractivity contribution in [2.75, 3.05) is 5.32 Å². The smallest absolute Gasteiger partial charge is 0.301 e. The molecule has 1 aromatic carbocycles. The number of nitrogens with zero attached hydrogens (tertiary/aromatic N) is 3. The normalized spacial score (nSPS) is 9.71. The fraction of sp³-hybridized carbons (Fsp3) is 0. The monoisotopic (exact) mass is 302 g/mol. The molecule has 1 aromatic heterocycles. The summed E-state index contributed by atoms with van der Waals surface area (Å²) in [5.41, 5.74) is 0.116. The summed E-state index contributed by atoms with van der Waals surface area (Å²) in [4.78, 5) is 26.0. The van der Waals surface area contributed by atoms with Crippen LogP contribution in [0.3, 0.4) is 0 Å². The van der Waals surface area contributed by atoms with Gasteiger partial charge in [-0.3, -0.25) is 14.9 Å². The van der Waals surface area contributed by atoms with E-state index in [1.807, 2.05) is 6.07 Å². The summed E-state index contributed by atoms with van der Waals surface area (Å²) in [6.07, 6.45) is 0. The third-order valence-corrected chi connectivity index (χ3v) is 2.73. The third-order valence-electron chi connectivity index (χ3n) is 2.52. The van der Waals surface area contributed by atoms with Crippen molar-refractivity contribution in [1.29, 1.82) is 5.26 Å². The van der Waals surface area contributed by atoms with Crippen LogP contribution in [0.2, 0.25) is 5.15 Å². The zero-order chi connectivity index (χ0) is 15.4. The molecule has 1 amide bonds. The van der Waals surface area contributed by atoms with Gasteiger partial charge in [-0.1, -0.05) is 17.7 Å². The zero-order valence-corrected chi connectivity index (χ0v) is 11.2. The van der Waals surface area contributed by atoms with E-state index >= 15 is 0 Å².